The highest BCUT2D eigenvalue weighted by Gasteiger charge is 2.33. The number of rotatable bonds is 2. The van der Waals surface area contributed by atoms with E-state index in [0.29, 0.717) is 19.5 Å². The number of carbonyl (C=O) groups is 1. The predicted molar refractivity (Wildman–Crippen MR) is 75.0 cm³/mol. The highest BCUT2D eigenvalue weighted by atomic mass is 35.5. The van der Waals surface area contributed by atoms with E-state index in [1.807, 2.05) is 6.19 Å². The molecule has 8 heteroatoms. The van der Waals surface area contributed by atoms with Gasteiger partial charge in [-0.3, -0.25) is 4.79 Å². The largest absolute Gasteiger partial charge is 0.417 e. The second-order valence-corrected chi connectivity index (χ2v) is 5.16. The van der Waals surface area contributed by atoms with Crippen molar-refractivity contribution < 1.29 is 18.0 Å². The normalized spacial score (nSPS) is 16.7. The number of nitrogens with one attached hydrogen (secondary N) is 1. The van der Waals surface area contributed by atoms with Gasteiger partial charge in [-0.05, 0) is 30.2 Å². The van der Waals surface area contributed by atoms with E-state index in [9.17, 15) is 18.0 Å². The number of nitrogens with zero attached hydrogens (tertiary/aromatic N) is 2. The Kier molecular flexibility index (Phi) is 4.62. The molecule has 1 aliphatic heterocycles. The van der Waals surface area contributed by atoms with Crippen LogP contribution in [0.5, 0.6) is 0 Å². The third-order valence-corrected chi connectivity index (χ3v) is 3.44. The molecule has 0 aliphatic carbocycles. The maximum Gasteiger partial charge on any atom is 0.417 e. The lowest BCUT2D eigenvalue weighted by Crippen LogP contribution is -2.13. The van der Waals surface area contributed by atoms with E-state index >= 15 is 0 Å². The number of hydrogen-bond donors (Lipinski definition) is 1. The first-order valence-electron chi connectivity index (χ1n) is 6.31. The Morgan fingerprint density at radius 2 is 2.18 bits per heavy atom. The van der Waals surface area contributed by atoms with Crippen LogP contribution in [0.2, 0.25) is 5.02 Å². The van der Waals surface area contributed by atoms with Crippen LogP contribution in [0.25, 0.3) is 0 Å². The summed E-state index contributed by atoms with van der Waals surface area (Å²) in [6.45, 7) is 0.896. The Labute approximate surface area is 129 Å². The lowest BCUT2D eigenvalue weighted by Gasteiger charge is -2.11. The van der Waals surface area contributed by atoms with Gasteiger partial charge >= 0.3 is 6.18 Å². The van der Waals surface area contributed by atoms with E-state index in [2.05, 4.69) is 5.32 Å². The fourth-order valence-corrected chi connectivity index (χ4v) is 2.29. The smallest absolute Gasteiger partial charge is 0.322 e. The summed E-state index contributed by atoms with van der Waals surface area (Å²) in [4.78, 5) is 13.3. The molecule has 1 heterocycles. The van der Waals surface area contributed by atoms with Gasteiger partial charge in [0.25, 0.3) is 0 Å². The second-order valence-electron chi connectivity index (χ2n) is 4.76. The summed E-state index contributed by atoms with van der Waals surface area (Å²) in [5, 5.41) is 10.7. The first-order chi connectivity index (χ1) is 10.3. The molecule has 0 bridgehead atoms. The fourth-order valence-electron chi connectivity index (χ4n) is 2.07. The average molecular weight is 330 g/mol. The number of hydrogen-bond acceptors (Lipinski definition) is 3. The first-order valence-corrected chi connectivity index (χ1v) is 6.69. The Morgan fingerprint density at radius 3 is 2.77 bits per heavy atom. The highest BCUT2D eigenvalue weighted by molar-refractivity contribution is 6.31. The zero-order valence-electron chi connectivity index (χ0n) is 11.2. The molecule has 1 aromatic rings. The van der Waals surface area contributed by atoms with Crippen molar-refractivity contribution in [2.75, 3.05) is 18.4 Å². The Balaban J connectivity index is 2.10. The van der Waals surface area contributed by atoms with Crippen LogP contribution in [0.15, 0.2) is 29.8 Å². The molecule has 0 saturated carbocycles. The zero-order valence-corrected chi connectivity index (χ0v) is 12.0. The summed E-state index contributed by atoms with van der Waals surface area (Å²) in [6, 6.07) is 3.17. The van der Waals surface area contributed by atoms with Gasteiger partial charge in [0.15, 0.2) is 6.19 Å². The monoisotopic (exact) mass is 329 g/mol. The average Bonchev–Trinajstić information content (AvgIpc) is 2.87. The maximum absolute atomic E-state index is 12.7. The van der Waals surface area contributed by atoms with Gasteiger partial charge < -0.3 is 10.2 Å². The van der Waals surface area contributed by atoms with E-state index < -0.39 is 22.7 Å². The van der Waals surface area contributed by atoms with Gasteiger partial charge in [0.1, 0.15) is 0 Å². The number of alkyl halides is 3. The van der Waals surface area contributed by atoms with Gasteiger partial charge in [-0.2, -0.15) is 18.4 Å². The van der Waals surface area contributed by atoms with E-state index in [1.54, 1.807) is 0 Å². The molecule has 0 unspecified atom stereocenters. The summed E-state index contributed by atoms with van der Waals surface area (Å²) >= 11 is 5.51. The van der Waals surface area contributed by atoms with E-state index in [-0.39, 0.29) is 5.69 Å². The van der Waals surface area contributed by atoms with Gasteiger partial charge in [-0.1, -0.05) is 11.6 Å². The molecule has 0 aromatic heterocycles. The Bertz CT molecular complexity index is 664. The quantitative estimate of drug-likeness (QED) is 0.668. The Hall–Kier alpha value is -2.20. The highest BCUT2D eigenvalue weighted by Crippen LogP contribution is 2.36. The van der Waals surface area contributed by atoms with Gasteiger partial charge in [0.2, 0.25) is 5.91 Å². The molecule has 2 rings (SSSR count). The molecule has 22 heavy (non-hydrogen) atoms. The SMILES string of the molecule is N#CN1CC/C(=C\C(=O)Nc2ccc(Cl)c(C(F)(F)F)c2)C1. The van der Waals surface area contributed by atoms with E-state index in [0.717, 1.165) is 17.7 Å². The van der Waals surface area contributed by atoms with Crippen molar-refractivity contribution in [2.24, 2.45) is 0 Å². The standard InChI is InChI=1S/C14H11ClF3N3O/c15-12-2-1-10(6-11(12)14(16,17)18)20-13(22)5-9-3-4-21(7-9)8-19/h1-2,5-6H,3-4,7H2,(H,20,22)/b9-5+. The summed E-state index contributed by atoms with van der Waals surface area (Å²) < 4.78 is 38.2. The van der Waals surface area contributed by atoms with E-state index in [4.69, 9.17) is 16.9 Å². The van der Waals surface area contributed by atoms with Crippen molar-refractivity contribution in [3.05, 3.63) is 40.4 Å². The number of halogens is 4. The van der Waals surface area contributed by atoms with Crippen LogP contribution >= 0.6 is 11.6 Å². The van der Waals surface area contributed by atoms with Crippen LogP contribution in [0.1, 0.15) is 12.0 Å². The number of likely N-dealkylation sites (tertiary alicyclic amines) is 1. The van der Waals surface area contributed by atoms with Crippen molar-refractivity contribution in [1.29, 1.82) is 5.26 Å². The number of nitriles is 1. The first kappa shape index (κ1) is 16.2. The molecule has 1 N–H and O–H groups in total. The van der Waals surface area contributed by atoms with Crippen LogP contribution < -0.4 is 5.32 Å². The summed E-state index contributed by atoms with van der Waals surface area (Å²) in [5.41, 5.74) is -0.242. The molecule has 1 aliphatic rings. The molecule has 1 amide bonds. The van der Waals surface area contributed by atoms with Gasteiger partial charge in [-0.25, -0.2) is 0 Å². The van der Waals surface area contributed by atoms with Crippen molar-refractivity contribution in [3.8, 4) is 6.19 Å². The van der Waals surface area contributed by atoms with Crippen molar-refractivity contribution in [1.82, 2.24) is 4.90 Å². The zero-order chi connectivity index (χ0) is 16.3. The van der Waals surface area contributed by atoms with Gasteiger partial charge in [0, 0.05) is 24.9 Å². The van der Waals surface area contributed by atoms with Gasteiger partial charge in [-0.15, -0.1) is 0 Å². The molecule has 116 valence electrons. The predicted octanol–water partition coefficient (Wildman–Crippen LogP) is 3.41. The lowest BCUT2D eigenvalue weighted by molar-refractivity contribution is -0.137. The summed E-state index contributed by atoms with van der Waals surface area (Å²) in [7, 11) is 0. The molecule has 0 spiro atoms. The third-order valence-electron chi connectivity index (χ3n) is 3.11. The minimum absolute atomic E-state index is 0.00807. The molecule has 0 atom stereocenters. The van der Waals surface area contributed by atoms with Crippen molar-refractivity contribution in [2.45, 2.75) is 12.6 Å². The van der Waals surface area contributed by atoms with Crippen LogP contribution in [-0.2, 0) is 11.0 Å². The minimum Gasteiger partial charge on any atom is -0.322 e. The number of amides is 1. The lowest BCUT2D eigenvalue weighted by atomic mass is 10.2. The molecule has 1 aromatic carbocycles. The van der Waals surface area contributed by atoms with Crippen molar-refractivity contribution >= 4 is 23.2 Å². The third kappa shape index (κ3) is 3.92. The van der Waals surface area contributed by atoms with Crippen LogP contribution in [0.4, 0.5) is 18.9 Å². The molecular weight excluding hydrogens is 319 g/mol. The van der Waals surface area contributed by atoms with E-state index in [1.165, 1.54) is 17.0 Å². The number of anilines is 1. The maximum atomic E-state index is 12.7. The molecule has 0 radical (unpaired) electrons. The van der Waals surface area contributed by atoms with Crippen LogP contribution in [-0.4, -0.2) is 23.9 Å². The minimum atomic E-state index is -4.59. The van der Waals surface area contributed by atoms with Crippen LogP contribution in [0, 0.1) is 11.5 Å². The Morgan fingerprint density at radius 1 is 1.45 bits per heavy atom. The fraction of sp³-hybridized carbons (Fsp3) is 0.286. The molecule has 1 saturated heterocycles. The molecule has 1 fully saturated rings. The molecule has 4 nitrogen and oxygen atoms in total. The second kappa shape index (κ2) is 6.28. The van der Waals surface area contributed by atoms with Crippen molar-refractivity contribution in [3.63, 3.8) is 0 Å². The number of benzene rings is 1. The summed E-state index contributed by atoms with van der Waals surface area (Å²) in [6.07, 6.45) is -0.736. The number of carbonyl (C=O) groups excluding carboxylic acids is 1. The summed E-state index contributed by atoms with van der Waals surface area (Å²) in [5.74, 6) is -0.537. The molecular formula is C14H11ClF3N3O. The van der Waals surface area contributed by atoms with Gasteiger partial charge in [0.05, 0.1) is 10.6 Å². The topological polar surface area (TPSA) is 56.1 Å². The van der Waals surface area contributed by atoms with Crippen LogP contribution in [0.3, 0.4) is 0 Å².